The lowest BCUT2D eigenvalue weighted by Gasteiger charge is -2.35. The monoisotopic (exact) mass is 427 g/mol. The van der Waals surface area contributed by atoms with E-state index in [2.05, 4.69) is 59.9 Å². The first-order chi connectivity index (χ1) is 15.2. The summed E-state index contributed by atoms with van der Waals surface area (Å²) in [4.78, 5) is 18.3. The number of allylic oxidation sites excluding steroid dienone is 2. The molecule has 0 saturated carbocycles. The Morgan fingerprint density at radius 1 is 1.06 bits per heavy atom. The third-order valence-electron chi connectivity index (χ3n) is 6.16. The van der Waals surface area contributed by atoms with Crippen LogP contribution in [0.3, 0.4) is 0 Å². The summed E-state index contributed by atoms with van der Waals surface area (Å²) >= 11 is 1.49. The van der Waals surface area contributed by atoms with Crippen molar-refractivity contribution in [1.82, 2.24) is 9.55 Å². The Hall–Kier alpha value is -3.05. The first-order valence-electron chi connectivity index (χ1n) is 10.6. The summed E-state index contributed by atoms with van der Waals surface area (Å²) in [7, 11) is 1.81. The quantitative estimate of drug-likeness (QED) is 0.438. The average molecular weight is 428 g/mol. The first-order valence-corrected chi connectivity index (χ1v) is 11.9. The van der Waals surface area contributed by atoms with Gasteiger partial charge in [-0.2, -0.15) is 0 Å². The van der Waals surface area contributed by atoms with Crippen LogP contribution in [0.5, 0.6) is 0 Å². The van der Waals surface area contributed by atoms with E-state index in [0.717, 1.165) is 41.2 Å². The van der Waals surface area contributed by atoms with Crippen molar-refractivity contribution in [1.29, 1.82) is 0 Å². The molecule has 0 bridgehead atoms. The zero-order valence-corrected chi connectivity index (χ0v) is 18.6. The summed E-state index contributed by atoms with van der Waals surface area (Å²) in [5.74, 6) is 0.620. The minimum atomic E-state index is -0.0750. The molecule has 4 nitrogen and oxygen atoms in total. The molecule has 1 aromatic heterocycles. The van der Waals surface area contributed by atoms with Crippen LogP contribution in [0.2, 0.25) is 0 Å². The van der Waals surface area contributed by atoms with Gasteiger partial charge in [-0.15, -0.1) is 0 Å². The van der Waals surface area contributed by atoms with Crippen molar-refractivity contribution in [2.45, 2.75) is 30.3 Å². The van der Waals surface area contributed by atoms with Gasteiger partial charge in [0.1, 0.15) is 5.82 Å². The molecule has 0 amide bonds. The molecule has 0 spiro atoms. The standard InChI is InChI=1S/C26H25N3OS/c1-29-25(30)22-21(18-12-7-4-8-13-18)20-15-9-14-19(16-17-10-5-3-6-11-17)23(20)27-24(22)28-26(29)31-2/h3-8,10-13,16,21,27H,9,14-15H2,1-2H3/b19-16+/t21-/m1/s1. The van der Waals surface area contributed by atoms with Gasteiger partial charge in [-0.25, -0.2) is 4.98 Å². The zero-order chi connectivity index (χ0) is 21.4. The molecule has 2 aliphatic rings. The van der Waals surface area contributed by atoms with Gasteiger partial charge in [0, 0.05) is 18.7 Å². The number of fused-ring (bicyclic) bond motifs is 1. The highest BCUT2D eigenvalue weighted by Gasteiger charge is 2.36. The Balaban J connectivity index is 1.74. The normalized spacial score (nSPS) is 19.0. The first kappa shape index (κ1) is 19.9. The van der Waals surface area contributed by atoms with Gasteiger partial charge in [0.05, 0.1) is 5.56 Å². The van der Waals surface area contributed by atoms with Gasteiger partial charge in [0.15, 0.2) is 5.16 Å². The van der Waals surface area contributed by atoms with E-state index in [1.807, 2.05) is 25.4 Å². The Labute approximate surface area is 186 Å². The van der Waals surface area contributed by atoms with Crippen molar-refractivity contribution < 1.29 is 0 Å². The maximum Gasteiger partial charge on any atom is 0.260 e. The average Bonchev–Trinajstić information content (AvgIpc) is 2.81. The van der Waals surface area contributed by atoms with Crippen molar-refractivity contribution >= 4 is 23.7 Å². The second-order valence-corrected chi connectivity index (χ2v) is 8.80. The summed E-state index contributed by atoms with van der Waals surface area (Å²) in [6.45, 7) is 0. The number of benzene rings is 2. The van der Waals surface area contributed by atoms with E-state index >= 15 is 0 Å². The predicted molar refractivity (Wildman–Crippen MR) is 128 cm³/mol. The molecule has 1 aliphatic heterocycles. The van der Waals surface area contributed by atoms with Gasteiger partial charge in [0.25, 0.3) is 5.56 Å². The largest absolute Gasteiger partial charge is 0.340 e. The summed E-state index contributed by atoms with van der Waals surface area (Å²) in [5.41, 5.74) is 6.85. The van der Waals surface area contributed by atoms with E-state index < -0.39 is 0 Å². The van der Waals surface area contributed by atoms with Crippen LogP contribution < -0.4 is 10.9 Å². The van der Waals surface area contributed by atoms with Crippen LogP contribution in [0.15, 0.2) is 87.5 Å². The molecular formula is C26H25N3OS. The molecule has 156 valence electrons. The van der Waals surface area contributed by atoms with Gasteiger partial charge in [0.2, 0.25) is 0 Å². The molecule has 1 aliphatic carbocycles. The van der Waals surface area contributed by atoms with E-state index in [1.165, 1.54) is 28.5 Å². The Kier molecular flexibility index (Phi) is 5.28. The molecule has 1 atom stereocenters. The molecule has 2 aromatic carbocycles. The topological polar surface area (TPSA) is 46.9 Å². The number of nitrogens with zero attached hydrogens (tertiary/aromatic N) is 2. The van der Waals surface area contributed by atoms with E-state index in [0.29, 0.717) is 5.82 Å². The van der Waals surface area contributed by atoms with Gasteiger partial charge < -0.3 is 5.32 Å². The molecule has 0 radical (unpaired) electrons. The van der Waals surface area contributed by atoms with Crippen LogP contribution in [0.4, 0.5) is 5.82 Å². The smallest absolute Gasteiger partial charge is 0.260 e. The molecule has 5 heteroatoms. The molecular weight excluding hydrogens is 402 g/mol. The van der Waals surface area contributed by atoms with Crippen LogP contribution in [0, 0.1) is 0 Å². The Morgan fingerprint density at radius 3 is 2.48 bits per heavy atom. The summed E-state index contributed by atoms with van der Waals surface area (Å²) in [6.07, 6.45) is 7.29. The summed E-state index contributed by atoms with van der Waals surface area (Å²) in [6, 6.07) is 20.8. The Bertz CT molecular complexity index is 1240. The summed E-state index contributed by atoms with van der Waals surface area (Å²) in [5, 5.41) is 4.30. The van der Waals surface area contributed by atoms with Crippen molar-refractivity contribution in [2.24, 2.45) is 7.05 Å². The van der Waals surface area contributed by atoms with E-state index in [1.54, 1.807) is 4.57 Å². The highest BCUT2D eigenvalue weighted by Crippen LogP contribution is 2.46. The fraction of sp³-hybridized carbons (Fsp3) is 0.231. The lowest BCUT2D eigenvalue weighted by atomic mass is 9.75. The number of hydrogen-bond acceptors (Lipinski definition) is 4. The maximum atomic E-state index is 13.5. The molecule has 31 heavy (non-hydrogen) atoms. The number of anilines is 1. The lowest BCUT2D eigenvalue weighted by molar-refractivity contribution is 0.656. The fourth-order valence-electron chi connectivity index (χ4n) is 4.71. The van der Waals surface area contributed by atoms with Crippen LogP contribution in [0.25, 0.3) is 6.08 Å². The van der Waals surface area contributed by atoms with Crippen LogP contribution in [0.1, 0.15) is 41.9 Å². The molecule has 0 unspecified atom stereocenters. The number of aromatic nitrogens is 2. The lowest BCUT2D eigenvalue weighted by Crippen LogP contribution is -2.33. The molecule has 2 heterocycles. The van der Waals surface area contributed by atoms with Crippen molar-refractivity contribution in [3.8, 4) is 0 Å². The van der Waals surface area contributed by atoms with Gasteiger partial charge in [-0.1, -0.05) is 72.4 Å². The predicted octanol–water partition coefficient (Wildman–Crippen LogP) is 5.58. The molecule has 0 saturated heterocycles. The van der Waals surface area contributed by atoms with Crippen molar-refractivity contribution in [2.75, 3.05) is 11.6 Å². The van der Waals surface area contributed by atoms with Gasteiger partial charge in [-0.3, -0.25) is 9.36 Å². The minimum absolute atomic E-state index is 0.0291. The zero-order valence-electron chi connectivity index (χ0n) is 17.8. The third-order valence-corrected chi connectivity index (χ3v) is 6.89. The number of thioether (sulfide) groups is 1. The number of rotatable bonds is 3. The third kappa shape index (κ3) is 3.53. The second kappa shape index (κ2) is 8.23. The van der Waals surface area contributed by atoms with Crippen LogP contribution in [-0.4, -0.2) is 15.8 Å². The number of hydrogen-bond donors (Lipinski definition) is 1. The number of nitrogens with one attached hydrogen (secondary N) is 1. The fourth-order valence-corrected chi connectivity index (χ4v) is 5.25. The highest BCUT2D eigenvalue weighted by molar-refractivity contribution is 7.98. The van der Waals surface area contributed by atoms with Crippen LogP contribution in [-0.2, 0) is 7.05 Å². The SMILES string of the molecule is CSc1nc2c(c(=O)n1C)[C@H](c1ccccc1)C1=C(N2)/C(=C/c2ccccc2)CCC1. The molecule has 0 fully saturated rings. The second-order valence-electron chi connectivity index (χ2n) is 8.03. The van der Waals surface area contributed by atoms with Gasteiger partial charge >= 0.3 is 0 Å². The summed E-state index contributed by atoms with van der Waals surface area (Å²) < 4.78 is 1.68. The van der Waals surface area contributed by atoms with E-state index in [-0.39, 0.29) is 11.5 Å². The molecule has 5 rings (SSSR count). The van der Waals surface area contributed by atoms with Crippen molar-refractivity contribution in [3.05, 3.63) is 105 Å². The van der Waals surface area contributed by atoms with E-state index in [9.17, 15) is 4.79 Å². The molecule has 3 aromatic rings. The minimum Gasteiger partial charge on any atom is -0.340 e. The van der Waals surface area contributed by atoms with Crippen LogP contribution >= 0.6 is 11.8 Å². The van der Waals surface area contributed by atoms with E-state index in [4.69, 9.17) is 4.98 Å². The van der Waals surface area contributed by atoms with Crippen molar-refractivity contribution in [3.63, 3.8) is 0 Å². The highest BCUT2D eigenvalue weighted by atomic mass is 32.2. The maximum absolute atomic E-state index is 13.5. The molecule has 1 N–H and O–H groups in total. The Morgan fingerprint density at radius 2 is 1.77 bits per heavy atom. The van der Waals surface area contributed by atoms with Gasteiger partial charge in [-0.05, 0) is 53.9 Å².